The quantitative estimate of drug-likeness (QED) is 0.181. The summed E-state index contributed by atoms with van der Waals surface area (Å²) >= 11 is 0. The van der Waals surface area contributed by atoms with Gasteiger partial charge in [-0.15, -0.1) is 0 Å². The van der Waals surface area contributed by atoms with Crippen molar-refractivity contribution in [2.45, 2.75) is 19.3 Å². The molecule has 3 heterocycles. The third-order valence-electron chi connectivity index (χ3n) is 6.71. The smallest absolute Gasteiger partial charge is 0.312 e. The third-order valence-corrected chi connectivity index (χ3v) is 6.71. The Balaban J connectivity index is 1.42. The average Bonchev–Trinajstić information content (AvgIpc) is 3.25. The van der Waals surface area contributed by atoms with Crippen molar-refractivity contribution in [3.05, 3.63) is 88.7 Å². The standard InChI is InChI=1S/C31H26O8/c1-17(2)16-37-30-19(5-4-6-24(30)34-3)21-15-27(32)38-23-10-8-20-29(33)26(39-31(20)28(21)23)14-18-7-9-22-25(13-18)36-12-11-35-22/h4-10,13-14,21H,1,11-12,15-16H2,2-3H3/b26-14-/t21-/m0/s1. The summed E-state index contributed by atoms with van der Waals surface area (Å²) in [6.45, 7) is 7.02. The first kappa shape index (κ1) is 24.6. The first-order chi connectivity index (χ1) is 18.9. The molecule has 8 heteroatoms. The molecular formula is C31H26O8. The van der Waals surface area contributed by atoms with Crippen LogP contribution in [-0.4, -0.2) is 38.7 Å². The lowest BCUT2D eigenvalue weighted by Crippen LogP contribution is -2.22. The first-order valence-corrected chi connectivity index (χ1v) is 12.6. The van der Waals surface area contributed by atoms with Gasteiger partial charge in [-0.25, -0.2) is 0 Å². The normalized spacial score (nSPS) is 18.1. The van der Waals surface area contributed by atoms with Crippen LogP contribution in [0.15, 0.2) is 66.4 Å². The zero-order valence-corrected chi connectivity index (χ0v) is 21.6. The molecule has 0 spiro atoms. The second-order valence-electron chi connectivity index (χ2n) is 9.55. The average molecular weight is 527 g/mol. The lowest BCUT2D eigenvalue weighted by atomic mass is 9.84. The first-order valence-electron chi connectivity index (χ1n) is 12.6. The predicted molar refractivity (Wildman–Crippen MR) is 142 cm³/mol. The highest BCUT2D eigenvalue weighted by atomic mass is 16.6. The Bertz CT molecular complexity index is 1550. The number of hydrogen-bond donors (Lipinski definition) is 0. The zero-order valence-electron chi connectivity index (χ0n) is 21.6. The molecule has 0 saturated carbocycles. The van der Waals surface area contributed by atoms with E-state index in [2.05, 4.69) is 6.58 Å². The van der Waals surface area contributed by atoms with Crippen molar-refractivity contribution < 1.29 is 38.0 Å². The molecule has 0 N–H and O–H groups in total. The van der Waals surface area contributed by atoms with Crippen LogP contribution in [0.3, 0.4) is 0 Å². The molecule has 0 amide bonds. The van der Waals surface area contributed by atoms with E-state index in [4.69, 9.17) is 28.4 Å². The van der Waals surface area contributed by atoms with Crippen molar-refractivity contribution in [3.8, 4) is 34.5 Å². The molecule has 0 unspecified atom stereocenters. The summed E-state index contributed by atoms with van der Waals surface area (Å²) in [4.78, 5) is 26.1. The van der Waals surface area contributed by atoms with E-state index in [9.17, 15) is 9.59 Å². The Morgan fingerprint density at radius 1 is 1.03 bits per heavy atom. The number of ketones is 1. The van der Waals surface area contributed by atoms with Crippen LogP contribution in [0.1, 0.15) is 46.3 Å². The molecule has 0 bridgehead atoms. The number of hydrogen-bond acceptors (Lipinski definition) is 8. The summed E-state index contributed by atoms with van der Waals surface area (Å²) in [7, 11) is 1.56. The Morgan fingerprint density at radius 3 is 2.62 bits per heavy atom. The summed E-state index contributed by atoms with van der Waals surface area (Å²) in [6.07, 6.45) is 1.71. The predicted octanol–water partition coefficient (Wildman–Crippen LogP) is 5.48. The molecule has 0 radical (unpaired) electrons. The van der Waals surface area contributed by atoms with Crippen molar-refractivity contribution in [2.24, 2.45) is 0 Å². The minimum Gasteiger partial charge on any atom is -0.493 e. The van der Waals surface area contributed by atoms with Gasteiger partial charge in [-0.05, 0) is 54.5 Å². The van der Waals surface area contributed by atoms with Crippen LogP contribution in [0.25, 0.3) is 6.08 Å². The van der Waals surface area contributed by atoms with Crippen molar-refractivity contribution in [1.82, 2.24) is 0 Å². The molecule has 3 aliphatic heterocycles. The van der Waals surface area contributed by atoms with Gasteiger partial charge < -0.3 is 28.4 Å². The van der Waals surface area contributed by atoms with Gasteiger partial charge in [-0.1, -0.05) is 24.8 Å². The van der Waals surface area contributed by atoms with Crippen LogP contribution >= 0.6 is 0 Å². The molecule has 0 saturated heterocycles. The van der Waals surface area contributed by atoms with E-state index >= 15 is 0 Å². The topological polar surface area (TPSA) is 89.5 Å². The lowest BCUT2D eigenvalue weighted by molar-refractivity contribution is -0.135. The fourth-order valence-electron chi connectivity index (χ4n) is 4.99. The Labute approximate surface area is 225 Å². The summed E-state index contributed by atoms with van der Waals surface area (Å²) in [6, 6.07) is 14.2. The number of allylic oxidation sites excluding steroid dienone is 1. The number of methoxy groups -OCH3 is 1. The molecular weight excluding hydrogens is 500 g/mol. The Morgan fingerprint density at radius 2 is 1.82 bits per heavy atom. The number of rotatable bonds is 6. The second kappa shape index (κ2) is 9.87. The molecule has 0 aliphatic carbocycles. The molecule has 0 fully saturated rings. The van der Waals surface area contributed by atoms with E-state index in [0.29, 0.717) is 58.8 Å². The summed E-state index contributed by atoms with van der Waals surface area (Å²) < 4.78 is 34.7. The molecule has 3 aromatic rings. The molecule has 1 atom stereocenters. The van der Waals surface area contributed by atoms with Gasteiger partial charge in [-0.3, -0.25) is 9.59 Å². The number of benzene rings is 3. The van der Waals surface area contributed by atoms with Gasteiger partial charge in [0.1, 0.15) is 31.3 Å². The van der Waals surface area contributed by atoms with Crippen molar-refractivity contribution in [3.63, 3.8) is 0 Å². The second-order valence-corrected chi connectivity index (χ2v) is 9.55. The zero-order chi connectivity index (χ0) is 27.1. The minimum absolute atomic E-state index is 0.0405. The van der Waals surface area contributed by atoms with Crippen molar-refractivity contribution >= 4 is 17.8 Å². The molecule has 198 valence electrons. The van der Waals surface area contributed by atoms with Crippen LogP contribution in [0, 0.1) is 0 Å². The fraction of sp³-hybridized carbons (Fsp3) is 0.226. The molecule has 8 nitrogen and oxygen atoms in total. The van der Waals surface area contributed by atoms with E-state index < -0.39 is 11.9 Å². The van der Waals surface area contributed by atoms with E-state index in [1.807, 2.05) is 31.2 Å². The summed E-state index contributed by atoms with van der Waals surface area (Å²) in [5, 5.41) is 0. The van der Waals surface area contributed by atoms with Gasteiger partial charge in [0.15, 0.2) is 28.8 Å². The maximum Gasteiger partial charge on any atom is 0.312 e. The van der Waals surface area contributed by atoms with Crippen LogP contribution in [-0.2, 0) is 4.79 Å². The number of Topliss-reactive ketones (excluding diaryl/α,β-unsaturated/α-hetero) is 1. The van der Waals surface area contributed by atoms with Gasteiger partial charge in [0, 0.05) is 17.0 Å². The van der Waals surface area contributed by atoms with E-state index in [1.165, 1.54) is 0 Å². The van der Waals surface area contributed by atoms with Gasteiger partial charge in [0.05, 0.1) is 19.1 Å². The molecule has 3 aliphatic rings. The number of carbonyl (C=O) groups excluding carboxylic acids is 2. The van der Waals surface area contributed by atoms with Crippen LogP contribution in [0.2, 0.25) is 0 Å². The lowest BCUT2D eigenvalue weighted by Gasteiger charge is -2.28. The molecule has 6 rings (SSSR count). The molecule has 39 heavy (non-hydrogen) atoms. The minimum atomic E-state index is -0.493. The van der Waals surface area contributed by atoms with Gasteiger partial charge in [0.2, 0.25) is 5.78 Å². The maximum absolute atomic E-state index is 13.4. The largest absolute Gasteiger partial charge is 0.493 e. The molecule has 0 aromatic heterocycles. The number of esters is 1. The van der Waals surface area contributed by atoms with Crippen LogP contribution < -0.4 is 28.4 Å². The summed E-state index contributed by atoms with van der Waals surface area (Å²) in [5.74, 6) is 2.03. The Hall–Kier alpha value is -4.72. The Kier molecular flexibility index (Phi) is 6.23. The van der Waals surface area contributed by atoms with Crippen molar-refractivity contribution in [2.75, 3.05) is 26.9 Å². The number of carbonyl (C=O) groups is 2. The third kappa shape index (κ3) is 4.48. The molecule has 3 aromatic carbocycles. The highest BCUT2D eigenvalue weighted by Gasteiger charge is 2.40. The summed E-state index contributed by atoms with van der Waals surface area (Å²) in [5.41, 5.74) is 3.30. The van der Waals surface area contributed by atoms with E-state index in [0.717, 1.165) is 16.7 Å². The van der Waals surface area contributed by atoms with Crippen LogP contribution in [0.5, 0.6) is 34.5 Å². The number of para-hydroxylation sites is 1. The fourth-order valence-corrected chi connectivity index (χ4v) is 4.99. The SMILES string of the molecule is C=C(C)COc1c(OC)cccc1[C@@H]1CC(=O)Oc2ccc3c(c21)O/C(=C\c1ccc2c(c1)OCCO2)C3=O. The van der Waals surface area contributed by atoms with Gasteiger partial charge in [-0.2, -0.15) is 0 Å². The van der Waals surface area contributed by atoms with Gasteiger partial charge >= 0.3 is 5.97 Å². The maximum atomic E-state index is 13.4. The van der Waals surface area contributed by atoms with Crippen molar-refractivity contribution in [1.29, 1.82) is 0 Å². The van der Waals surface area contributed by atoms with Gasteiger partial charge in [0.25, 0.3) is 0 Å². The monoisotopic (exact) mass is 526 g/mol. The number of ether oxygens (including phenoxy) is 6. The van der Waals surface area contributed by atoms with Crippen LogP contribution in [0.4, 0.5) is 0 Å². The van der Waals surface area contributed by atoms with E-state index in [-0.39, 0.29) is 24.6 Å². The highest BCUT2D eigenvalue weighted by Crippen LogP contribution is 2.51. The van der Waals surface area contributed by atoms with E-state index in [1.54, 1.807) is 37.5 Å². The highest BCUT2D eigenvalue weighted by molar-refractivity contribution is 6.15. The number of fused-ring (bicyclic) bond motifs is 4.